The summed E-state index contributed by atoms with van der Waals surface area (Å²) in [5.74, 6) is 0.210. The largest absolute Gasteiger partial charge is 0.507 e. The second kappa shape index (κ2) is 5.98. The van der Waals surface area contributed by atoms with Gasteiger partial charge in [-0.1, -0.05) is 38.1 Å². The van der Waals surface area contributed by atoms with Gasteiger partial charge >= 0.3 is 0 Å². The van der Waals surface area contributed by atoms with Gasteiger partial charge < -0.3 is 10.2 Å². The molecular weight excluding hydrogens is 366 g/mol. The Bertz CT molecular complexity index is 1310. The van der Waals surface area contributed by atoms with Gasteiger partial charge in [0.2, 0.25) is 0 Å². The van der Waals surface area contributed by atoms with E-state index in [2.05, 4.69) is 15.0 Å². The molecule has 144 valence electrons. The minimum absolute atomic E-state index is 0.0239. The van der Waals surface area contributed by atoms with Gasteiger partial charge in [-0.15, -0.1) is 0 Å². The number of aromatic nitrogens is 3. The highest BCUT2D eigenvalue weighted by Gasteiger charge is 2.36. The van der Waals surface area contributed by atoms with Crippen molar-refractivity contribution < 1.29 is 15.0 Å². The Morgan fingerprint density at radius 2 is 1.55 bits per heavy atom. The maximum atomic E-state index is 13.2. The molecule has 0 saturated carbocycles. The summed E-state index contributed by atoms with van der Waals surface area (Å²) in [6, 6.07) is 8.73. The topological polar surface area (TPSA) is 96.2 Å². The third-order valence-corrected chi connectivity index (χ3v) is 5.52. The fourth-order valence-corrected chi connectivity index (χ4v) is 4.31. The zero-order valence-corrected chi connectivity index (χ0v) is 16.1. The van der Waals surface area contributed by atoms with Crippen LogP contribution >= 0.6 is 0 Å². The summed E-state index contributed by atoms with van der Waals surface area (Å²) in [7, 11) is 0. The van der Waals surface area contributed by atoms with Gasteiger partial charge in [0.1, 0.15) is 17.0 Å². The molecule has 1 aliphatic rings. The van der Waals surface area contributed by atoms with Crippen molar-refractivity contribution in [2.75, 3.05) is 0 Å². The number of hydrogen-bond donors (Lipinski definition) is 2. The van der Waals surface area contributed by atoms with Crippen molar-refractivity contribution in [3.8, 4) is 22.9 Å². The van der Waals surface area contributed by atoms with Crippen LogP contribution in [0.15, 0.2) is 42.7 Å². The first-order chi connectivity index (χ1) is 13.9. The van der Waals surface area contributed by atoms with Crippen LogP contribution < -0.4 is 0 Å². The summed E-state index contributed by atoms with van der Waals surface area (Å²) in [5.41, 5.74) is 1.49. The van der Waals surface area contributed by atoms with E-state index in [4.69, 9.17) is 0 Å². The van der Waals surface area contributed by atoms with Crippen molar-refractivity contribution in [1.82, 2.24) is 15.0 Å². The number of ketones is 1. The number of aromatic hydroxyl groups is 2. The van der Waals surface area contributed by atoms with Crippen LogP contribution in [-0.4, -0.2) is 30.9 Å². The lowest BCUT2D eigenvalue weighted by atomic mass is 9.74. The molecule has 0 atom stereocenters. The standard InChI is InChI=1S/C23H19N3O3/c1-23(2)10-14-16(15(27)11-23)17(22-24-8-5-9-25-22)18-19(26-14)21(29)13-7-4-3-6-12(13)20(18)28/h3-9,28-29H,10-11H2,1-2H3. The molecule has 4 aromatic rings. The Balaban J connectivity index is 2.03. The fraction of sp³-hybridized carbons (Fsp3) is 0.217. The molecule has 0 bridgehead atoms. The molecule has 0 radical (unpaired) electrons. The molecule has 2 N–H and O–H groups in total. The quantitative estimate of drug-likeness (QED) is 0.372. The lowest BCUT2D eigenvalue weighted by Gasteiger charge is -2.31. The number of carbonyl (C=O) groups is 1. The molecule has 29 heavy (non-hydrogen) atoms. The first kappa shape index (κ1) is 17.6. The lowest BCUT2D eigenvalue weighted by Crippen LogP contribution is -2.28. The fourth-order valence-electron chi connectivity index (χ4n) is 4.31. The zero-order chi connectivity index (χ0) is 20.3. The Hall–Kier alpha value is -3.54. The number of pyridine rings is 1. The molecule has 2 heterocycles. The van der Waals surface area contributed by atoms with E-state index >= 15 is 0 Å². The van der Waals surface area contributed by atoms with E-state index in [0.717, 1.165) is 0 Å². The predicted molar refractivity (Wildman–Crippen MR) is 110 cm³/mol. The first-order valence-electron chi connectivity index (χ1n) is 9.47. The Labute approximate surface area is 166 Å². The van der Waals surface area contributed by atoms with Gasteiger partial charge in [-0.25, -0.2) is 15.0 Å². The van der Waals surface area contributed by atoms with E-state index in [1.807, 2.05) is 13.8 Å². The molecule has 1 aliphatic carbocycles. The van der Waals surface area contributed by atoms with Crippen LogP contribution in [0.2, 0.25) is 0 Å². The van der Waals surface area contributed by atoms with Gasteiger partial charge in [-0.2, -0.15) is 0 Å². The minimum Gasteiger partial charge on any atom is -0.507 e. The number of rotatable bonds is 1. The number of hydrogen-bond acceptors (Lipinski definition) is 6. The van der Waals surface area contributed by atoms with Gasteiger partial charge in [-0.05, 0) is 17.9 Å². The van der Waals surface area contributed by atoms with Crippen molar-refractivity contribution in [1.29, 1.82) is 0 Å². The lowest BCUT2D eigenvalue weighted by molar-refractivity contribution is 0.0911. The smallest absolute Gasteiger partial charge is 0.166 e. The molecule has 0 saturated heterocycles. The number of Topliss-reactive ketones (excluding diaryl/α,β-unsaturated/α-hetero) is 1. The second-order valence-corrected chi connectivity index (χ2v) is 8.29. The third kappa shape index (κ3) is 2.56. The zero-order valence-electron chi connectivity index (χ0n) is 16.1. The van der Waals surface area contributed by atoms with Gasteiger partial charge in [0.25, 0.3) is 0 Å². The molecule has 0 fully saturated rings. The number of nitrogens with zero attached hydrogens (tertiary/aromatic N) is 3. The summed E-state index contributed by atoms with van der Waals surface area (Å²) in [6.07, 6.45) is 4.14. The molecule has 0 amide bonds. The van der Waals surface area contributed by atoms with E-state index in [9.17, 15) is 15.0 Å². The third-order valence-electron chi connectivity index (χ3n) is 5.52. The number of benzene rings is 2. The molecular formula is C23H19N3O3. The van der Waals surface area contributed by atoms with E-state index in [0.29, 0.717) is 51.6 Å². The van der Waals surface area contributed by atoms with Crippen LogP contribution in [0.5, 0.6) is 11.5 Å². The van der Waals surface area contributed by atoms with Crippen molar-refractivity contribution in [2.45, 2.75) is 26.7 Å². The molecule has 2 aromatic heterocycles. The number of fused-ring (bicyclic) bond motifs is 3. The number of phenols is 2. The number of carbonyl (C=O) groups excluding carboxylic acids is 1. The van der Waals surface area contributed by atoms with Crippen molar-refractivity contribution in [3.63, 3.8) is 0 Å². The molecule has 2 aromatic carbocycles. The van der Waals surface area contributed by atoms with Crippen LogP contribution in [0.25, 0.3) is 33.1 Å². The van der Waals surface area contributed by atoms with Gasteiger partial charge in [0.05, 0.1) is 16.6 Å². The molecule has 6 heteroatoms. The first-order valence-corrected chi connectivity index (χ1v) is 9.47. The van der Waals surface area contributed by atoms with Gasteiger partial charge in [0, 0.05) is 35.2 Å². The monoisotopic (exact) mass is 385 g/mol. The van der Waals surface area contributed by atoms with E-state index in [1.54, 1.807) is 42.7 Å². The molecule has 5 rings (SSSR count). The minimum atomic E-state index is -0.242. The van der Waals surface area contributed by atoms with E-state index in [-0.39, 0.29) is 28.2 Å². The van der Waals surface area contributed by atoms with Crippen LogP contribution in [0, 0.1) is 5.41 Å². The van der Waals surface area contributed by atoms with Crippen LogP contribution in [0.3, 0.4) is 0 Å². The Morgan fingerprint density at radius 1 is 0.897 bits per heavy atom. The summed E-state index contributed by atoms with van der Waals surface area (Å²) < 4.78 is 0. The SMILES string of the molecule is CC1(C)CC(=O)c2c(nc3c(O)c4ccccc4c(O)c3c2-c2ncccn2)C1. The van der Waals surface area contributed by atoms with E-state index < -0.39 is 0 Å². The maximum absolute atomic E-state index is 13.2. The second-order valence-electron chi connectivity index (χ2n) is 8.29. The average Bonchev–Trinajstić information content (AvgIpc) is 2.70. The van der Waals surface area contributed by atoms with Crippen LogP contribution in [-0.2, 0) is 6.42 Å². The molecule has 0 aliphatic heterocycles. The summed E-state index contributed by atoms with van der Waals surface area (Å²) in [4.78, 5) is 26.5. The van der Waals surface area contributed by atoms with Gasteiger partial charge in [0.15, 0.2) is 11.6 Å². The van der Waals surface area contributed by atoms with Gasteiger partial charge in [-0.3, -0.25) is 4.79 Å². The summed E-state index contributed by atoms with van der Waals surface area (Å²) >= 11 is 0. The maximum Gasteiger partial charge on any atom is 0.166 e. The molecule has 0 unspecified atom stereocenters. The molecule has 6 nitrogen and oxygen atoms in total. The summed E-state index contributed by atoms with van der Waals surface area (Å²) in [6.45, 7) is 4.05. The van der Waals surface area contributed by atoms with Crippen LogP contribution in [0.4, 0.5) is 0 Å². The van der Waals surface area contributed by atoms with Crippen molar-refractivity contribution >= 4 is 27.5 Å². The van der Waals surface area contributed by atoms with Crippen LogP contribution in [0.1, 0.15) is 36.3 Å². The van der Waals surface area contributed by atoms with Crippen molar-refractivity contribution in [2.24, 2.45) is 5.41 Å². The number of phenolic OH excluding ortho intramolecular Hbond substituents is 2. The highest BCUT2D eigenvalue weighted by molar-refractivity contribution is 6.18. The average molecular weight is 385 g/mol. The predicted octanol–water partition coefficient (Wildman–Crippen LogP) is 4.41. The highest BCUT2D eigenvalue weighted by atomic mass is 16.3. The van der Waals surface area contributed by atoms with E-state index in [1.165, 1.54) is 0 Å². The molecule has 0 spiro atoms. The Kier molecular flexibility index (Phi) is 3.62. The normalized spacial score (nSPS) is 15.6. The highest BCUT2D eigenvalue weighted by Crippen LogP contribution is 2.48. The Morgan fingerprint density at radius 3 is 2.24 bits per heavy atom. The summed E-state index contributed by atoms with van der Waals surface area (Å²) in [5, 5.41) is 23.5. The van der Waals surface area contributed by atoms with Crippen molar-refractivity contribution in [3.05, 3.63) is 54.0 Å².